The van der Waals surface area contributed by atoms with Gasteiger partial charge >= 0.3 is 0 Å². The molecule has 0 saturated carbocycles. The van der Waals surface area contributed by atoms with E-state index in [-0.39, 0.29) is 0 Å². The van der Waals surface area contributed by atoms with Crippen LogP contribution in [0.15, 0.2) is 18.3 Å². The molecule has 2 nitrogen and oxygen atoms in total. The Labute approximate surface area is 79.6 Å². The Morgan fingerprint density at radius 1 is 1.54 bits per heavy atom. The molecule has 13 heavy (non-hydrogen) atoms. The molecule has 72 valence electrons. The Morgan fingerprint density at radius 2 is 2.31 bits per heavy atom. The molecule has 0 aromatic carbocycles. The standard InChI is InChI=1S/C11H17NO/c1-3-6-10(4-2)12-8-5-7-11(12)9-13/h5,7-10H,3-4,6H2,1-2H3. The molecule has 0 spiro atoms. The molecule has 1 aromatic rings. The van der Waals surface area contributed by atoms with E-state index in [1.807, 2.05) is 18.3 Å². The Kier molecular flexibility index (Phi) is 3.74. The van der Waals surface area contributed by atoms with Gasteiger partial charge in [0.15, 0.2) is 6.29 Å². The van der Waals surface area contributed by atoms with E-state index < -0.39 is 0 Å². The molecule has 0 N–H and O–H groups in total. The molecule has 0 amide bonds. The molecule has 0 aliphatic carbocycles. The summed E-state index contributed by atoms with van der Waals surface area (Å²) in [6.45, 7) is 4.33. The summed E-state index contributed by atoms with van der Waals surface area (Å²) in [7, 11) is 0. The molecular weight excluding hydrogens is 162 g/mol. The van der Waals surface area contributed by atoms with E-state index in [0.29, 0.717) is 6.04 Å². The summed E-state index contributed by atoms with van der Waals surface area (Å²) < 4.78 is 2.08. The predicted molar refractivity (Wildman–Crippen MR) is 54.1 cm³/mol. The third kappa shape index (κ3) is 2.20. The zero-order chi connectivity index (χ0) is 9.68. The van der Waals surface area contributed by atoms with Crippen LogP contribution in [0.3, 0.4) is 0 Å². The van der Waals surface area contributed by atoms with Crippen molar-refractivity contribution < 1.29 is 4.79 Å². The number of aldehydes is 1. The van der Waals surface area contributed by atoms with Crippen LogP contribution in [-0.2, 0) is 0 Å². The van der Waals surface area contributed by atoms with Gasteiger partial charge in [0, 0.05) is 12.2 Å². The molecule has 0 radical (unpaired) electrons. The van der Waals surface area contributed by atoms with Crippen LogP contribution in [0.1, 0.15) is 49.6 Å². The van der Waals surface area contributed by atoms with Crippen molar-refractivity contribution in [2.24, 2.45) is 0 Å². The van der Waals surface area contributed by atoms with Crippen molar-refractivity contribution in [2.75, 3.05) is 0 Å². The molecule has 1 atom stereocenters. The zero-order valence-electron chi connectivity index (χ0n) is 8.36. The van der Waals surface area contributed by atoms with Crippen LogP contribution in [0.2, 0.25) is 0 Å². The monoisotopic (exact) mass is 179 g/mol. The molecule has 0 aliphatic rings. The van der Waals surface area contributed by atoms with Gasteiger partial charge in [-0.15, -0.1) is 0 Å². The van der Waals surface area contributed by atoms with Gasteiger partial charge in [-0.1, -0.05) is 20.3 Å². The summed E-state index contributed by atoms with van der Waals surface area (Å²) in [4.78, 5) is 10.7. The summed E-state index contributed by atoms with van der Waals surface area (Å²) in [5.41, 5.74) is 0.792. The maximum atomic E-state index is 10.7. The molecule has 0 bridgehead atoms. The van der Waals surface area contributed by atoms with Crippen LogP contribution in [-0.4, -0.2) is 10.9 Å². The van der Waals surface area contributed by atoms with Crippen molar-refractivity contribution in [1.29, 1.82) is 0 Å². The molecule has 1 heterocycles. The highest BCUT2D eigenvalue weighted by Crippen LogP contribution is 2.19. The number of aromatic nitrogens is 1. The second-order valence-electron chi connectivity index (χ2n) is 3.31. The molecule has 0 aliphatic heterocycles. The number of rotatable bonds is 5. The number of hydrogen-bond acceptors (Lipinski definition) is 1. The quantitative estimate of drug-likeness (QED) is 0.637. The molecule has 0 saturated heterocycles. The maximum absolute atomic E-state index is 10.7. The van der Waals surface area contributed by atoms with Crippen LogP contribution in [0.5, 0.6) is 0 Å². The SMILES string of the molecule is CCCC(CC)n1cccc1C=O. The minimum absolute atomic E-state index is 0.486. The van der Waals surface area contributed by atoms with Crippen molar-refractivity contribution in [2.45, 2.75) is 39.2 Å². The zero-order valence-corrected chi connectivity index (χ0v) is 8.36. The average Bonchev–Trinajstić information content (AvgIpc) is 2.61. The topological polar surface area (TPSA) is 22.0 Å². The summed E-state index contributed by atoms with van der Waals surface area (Å²) >= 11 is 0. The number of hydrogen-bond donors (Lipinski definition) is 0. The highest BCUT2D eigenvalue weighted by atomic mass is 16.1. The first-order chi connectivity index (χ1) is 6.33. The van der Waals surface area contributed by atoms with Gasteiger partial charge in [-0.05, 0) is 25.0 Å². The third-order valence-electron chi connectivity index (χ3n) is 2.42. The average molecular weight is 179 g/mol. The lowest BCUT2D eigenvalue weighted by Crippen LogP contribution is -2.09. The van der Waals surface area contributed by atoms with Crippen LogP contribution in [0, 0.1) is 0 Å². The fraction of sp³-hybridized carbons (Fsp3) is 0.545. The third-order valence-corrected chi connectivity index (χ3v) is 2.42. The summed E-state index contributed by atoms with van der Waals surface area (Å²) in [5, 5.41) is 0. The van der Waals surface area contributed by atoms with Gasteiger partial charge < -0.3 is 4.57 Å². The molecular formula is C11H17NO. The second-order valence-corrected chi connectivity index (χ2v) is 3.31. The van der Waals surface area contributed by atoms with Gasteiger partial charge in [-0.3, -0.25) is 4.79 Å². The van der Waals surface area contributed by atoms with Gasteiger partial charge in [0.05, 0.1) is 5.69 Å². The fourth-order valence-electron chi connectivity index (χ4n) is 1.71. The maximum Gasteiger partial charge on any atom is 0.166 e. The molecule has 1 rings (SSSR count). The van der Waals surface area contributed by atoms with E-state index >= 15 is 0 Å². The van der Waals surface area contributed by atoms with Gasteiger partial charge in [-0.2, -0.15) is 0 Å². The lowest BCUT2D eigenvalue weighted by Gasteiger charge is -2.17. The Morgan fingerprint density at radius 3 is 2.85 bits per heavy atom. The Bertz CT molecular complexity index is 265. The second kappa shape index (κ2) is 4.85. The first kappa shape index (κ1) is 10.0. The van der Waals surface area contributed by atoms with Crippen LogP contribution in [0.25, 0.3) is 0 Å². The normalized spacial score (nSPS) is 12.8. The van der Waals surface area contributed by atoms with Crippen LogP contribution >= 0.6 is 0 Å². The Balaban J connectivity index is 2.83. The fourth-order valence-corrected chi connectivity index (χ4v) is 1.71. The minimum atomic E-state index is 0.486. The number of carbonyl (C=O) groups excluding carboxylic acids is 1. The summed E-state index contributed by atoms with van der Waals surface area (Å²) in [6, 6.07) is 4.29. The van der Waals surface area contributed by atoms with Crippen LogP contribution < -0.4 is 0 Å². The number of carbonyl (C=O) groups is 1. The van der Waals surface area contributed by atoms with Gasteiger partial charge in [0.25, 0.3) is 0 Å². The van der Waals surface area contributed by atoms with E-state index in [4.69, 9.17) is 0 Å². The van der Waals surface area contributed by atoms with Gasteiger partial charge in [0.2, 0.25) is 0 Å². The van der Waals surface area contributed by atoms with Gasteiger partial charge in [-0.25, -0.2) is 0 Å². The van der Waals surface area contributed by atoms with E-state index in [9.17, 15) is 4.79 Å². The summed E-state index contributed by atoms with van der Waals surface area (Å²) in [6.07, 6.45) is 6.32. The van der Waals surface area contributed by atoms with E-state index in [2.05, 4.69) is 18.4 Å². The molecule has 0 fully saturated rings. The van der Waals surface area contributed by atoms with E-state index in [1.165, 1.54) is 0 Å². The van der Waals surface area contributed by atoms with Crippen molar-refractivity contribution in [3.8, 4) is 0 Å². The predicted octanol–water partition coefficient (Wildman–Crippen LogP) is 3.05. The van der Waals surface area contributed by atoms with Crippen molar-refractivity contribution in [1.82, 2.24) is 4.57 Å². The lowest BCUT2D eigenvalue weighted by atomic mass is 10.1. The lowest BCUT2D eigenvalue weighted by molar-refractivity contribution is 0.111. The van der Waals surface area contributed by atoms with Crippen LogP contribution in [0.4, 0.5) is 0 Å². The molecule has 1 unspecified atom stereocenters. The van der Waals surface area contributed by atoms with Crippen molar-refractivity contribution >= 4 is 6.29 Å². The molecule has 2 heteroatoms. The minimum Gasteiger partial charge on any atom is -0.342 e. The smallest absolute Gasteiger partial charge is 0.166 e. The highest BCUT2D eigenvalue weighted by Gasteiger charge is 2.09. The summed E-state index contributed by atoms with van der Waals surface area (Å²) in [5.74, 6) is 0. The first-order valence-corrected chi connectivity index (χ1v) is 4.95. The number of nitrogens with zero attached hydrogens (tertiary/aromatic N) is 1. The Hall–Kier alpha value is -1.05. The van der Waals surface area contributed by atoms with E-state index in [0.717, 1.165) is 31.2 Å². The first-order valence-electron chi connectivity index (χ1n) is 4.95. The highest BCUT2D eigenvalue weighted by molar-refractivity contribution is 5.72. The van der Waals surface area contributed by atoms with Crippen molar-refractivity contribution in [3.63, 3.8) is 0 Å². The largest absolute Gasteiger partial charge is 0.342 e. The van der Waals surface area contributed by atoms with Gasteiger partial charge in [0.1, 0.15) is 0 Å². The van der Waals surface area contributed by atoms with Crippen molar-refractivity contribution in [3.05, 3.63) is 24.0 Å². The molecule has 1 aromatic heterocycles. The van der Waals surface area contributed by atoms with E-state index in [1.54, 1.807) is 0 Å².